The molecule has 0 bridgehead atoms. The topological polar surface area (TPSA) is 49.9 Å². The third kappa shape index (κ3) is 3.43. The number of anilines is 1. The maximum atomic E-state index is 14.0. The van der Waals surface area contributed by atoms with Crippen molar-refractivity contribution < 1.29 is 17.5 Å². The monoisotopic (exact) mass is 400 g/mol. The number of sulfonamides is 1. The molecule has 146 valence electrons. The minimum atomic E-state index is -3.60. The number of nitrogens with zero attached hydrogens (tertiary/aromatic N) is 2. The highest BCUT2D eigenvalue weighted by Crippen LogP contribution is 2.27. The maximum absolute atomic E-state index is 14.0. The van der Waals surface area contributed by atoms with E-state index in [1.165, 1.54) is 10.4 Å². The van der Waals surface area contributed by atoms with Gasteiger partial charge in [0.25, 0.3) is 0 Å². The van der Waals surface area contributed by atoms with Crippen molar-refractivity contribution in [3.63, 3.8) is 0 Å². The van der Waals surface area contributed by atoms with E-state index in [2.05, 4.69) is 0 Å². The highest BCUT2D eigenvalue weighted by molar-refractivity contribution is 7.89. The summed E-state index contributed by atoms with van der Waals surface area (Å²) < 4.78 is 46.8. The second-order valence-electron chi connectivity index (χ2n) is 6.72. The van der Waals surface area contributed by atoms with Crippen molar-refractivity contribution in [2.75, 3.05) is 38.2 Å². The van der Waals surface area contributed by atoms with E-state index in [1.807, 2.05) is 23.1 Å². The van der Waals surface area contributed by atoms with Crippen LogP contribution >= 0.6 is 0 Å². The predicted octanol–water partition coefficient (Wildman–Crippen LogP) is 3.50. The van der Waals surface area contributed by atoms with Gasteiger partial charge in [-0.15, -0.1) is 0 Å². The number of benzene rings is 3. The van der Waals surface area contributed by atoms with Crippen LogP contribution in [-0.4, -0.2) is 46.0 Å². The molecule has 0 saturated carbocycles. The second kappa shape index (κ2) is 7.41. The Kier molecular flexibility index (Phi) is 4.95. The Morgan fingerprint density at radius 3 is 2.29 bits per heavy atom. The van der Waals surface area contributed by atoms with Crippen LogP contribution in [-0.2, 0) is 10.0 Å². The Bertz CT molecular complexity index is 1110. The normalized spacial score (nSPS) is 15.7. The lowest BCUT2D eigenvalue weighted by Gasteiger charge is -2.35. The van der Waals surface area contributed by atoms with Gasteiger partial charge in [-0.05, 0) is 47.2 Å². The molecule has 1 aliphatic rings. The number of rotatable bonds is 4. The summed E-state index contributed by atoms with van der Waals surface area (Å²) in [5, 5.41) is 1.76. The number of hydrogen-bond acceptors (Lipinski definition) is 4. The Morgan fingerprint density at radius 1 is 0.893 bits per heavy atom. The summed E-state index contributed by atoms with van der Waals surface area (Å²) in [5.74, 6) is 0.441. The van der Waals surface area contributed by atoms with Crippen LogP contribution in [0, 0.1) is 5.82 Å². The molecule has 0 aliphatic carbocycles. The van der Waals surface area contributed by atoms with E-state index in [4.69, 9.17) is 4.74 Å². The summed E-state index contributed by atoms with van der Waals surface area (Å²) in [6.45, 7) is 1.53. The predicted molar refractivity (Wildman–Crippen MR) is 108 cm³/mol. The highest BCUT2D eigenvalue weighted by Gasteiger charge is 2.29. The molecule has 1 heterocycles. The molecule has 7 heteroatoms. The fraction of sp³-hybridized carbons (Fsp3) is 0.238. The van der Waals surface area contributed by atoms with Crippen molar-refractivity contribution in [1.29, 1.82) is 0 Å². The molecule has 1 aliphatic heterocycles. The van der Waals surface area contributed by atoms with Crippen LogP contribution in [0.2, 0.25) is 0 Å². The van der Waals surface area contributed by atoms with Crippen LogP contribution in [0.5, 0.6) is 5.75 Å². The zero-order valence-corrected chi connectivity index (χ0v) is 16.3. The van der Waals surface area contributed by atoms with Crippen LogP contribution in [0.3, 0.4) is 0 Å². The molecular weight excluding hydrogens is 379 g/mol. The summed E-state index contributed by atoms with van der Waals surface area (Å²) in [6, 6.07) is 17.2. The number of hydrogen-bond donors (Lipinski definition) is 0. The third-order valence-electron chi connectivity index (χ3n) is 5.09. The summed E-state index contributed by atoms with van der Waals surface area (Å²) in [5.41, 5.74) is 0.513. The van der Waals surface area contributed by atoms with Crippen LogP contribution in [0.1, 0.15) is 0 Å². The van der Waals surface area contributed by atoms with E-state index >= 15 is 0 Å². The molecule has 1 fully saturated rings. The van der Waals surface area contributed by atoms with Crippen molar-refractivity contribution in [3.05, 3.63) is 66.5 Å². The van der Waals surface area contributed by atoms with Crippen molar-refractivity contribution >= 4 is 26.5 Å². The van der Waals surface area contributed by atoms with Gasteiger partial charge < -0.3 is 9.64 Å². The van der Waals surface area contributed by atoms with Crippen molar-refractivity contribution in [2.45, 2.75) is 4.90 Å². The van der Waals surface area contributed by atoms with Crippen LogP contribution < -0.4 is 9.64 Å². The number of methoxy groups -OCH3 is 1. The number of halogens is 1. The van der Waals surface area contributed by atoms with E-state index in [-0.39, 0.29) is 10.7 Å². The number of ether oxygens (including phenoxy) is 1. The molecule has 4 rings (SSSR count). The number of para-hydroxylation sites is 1. The fourth-order valence-electron chi connectivity index (χ4n) is 3.52. The van der Waals surface area contributed by atoms with Gasteiger partial charge in [-0.2, -0.15) is 4.31 Å². The van der Waals surface area contributed by atoms with Gasteiger partial charge in [-0.25, -0.2) is 12.8 Å². The molecule has 0 amide bonds. The van der Waals surface area contributed by atoms with Crippen molar-refractivity contribution in [3.8, 4) is 5.75 Å². The van der Waals surface area contributed by atoms with Gasteiger partial charge in [0, 0.05) is 26.2 Å². The van der Waals surface area contributed by atoms with E-state index < -0.39 is 10.0 Å². The average molecular weight is 400 g/mol. The van der Waals surface area contributed by atoms with Gasteiger partial charge in [0.05, 0.1) is 17.7 Å². The molecule has 0 unspecified atom stereocenters. The molecule has 0 radical (unpaired) electrons. The zero-order valence-electron chi connectivity index (χ0n) is 15.5. The number of fused-ring (bicyclic) bond motifs is 1. The van der Waals surface area contributed by atoms with E-state index in [0.717, 1.165) is 16.5 Å². The molecule has 5 nitrogen and oxygen atoms in total. The quantitative estimate of drug-likeness (QED) is 0.673. The van der Waals surface area contributed by atoms with E-state index in [1.54, 1.807) is 43.5 Å². The molecule has 28 heavy (non-hydrogen) atoms. The molecule has 3 aromatic rings. The lowest BCUT2D eigenvalue weighted by molar-refractivity contribution is 0.383. The minimum absolute atomic E-state index is 0.268. The molecular formula is C21H21FN2O3S. The van der Waals surface area contributed by atoms with Crippen molar-refractivity contribution in [2.24, 2.45) is 0 Å². The van der Waals surface area contributed by atoms with Crippen LogP contribution in [0.15, 0.2) is 65.6 Å². The van der Waals surface area contributed by atoms with Crippen LogP contribution in [0.25, 0.3) is 10.8 Å². The van der Waals surface area contributed by atoms with Gasteiger partial charge in [-0.1, -0.05) is 24.3 Å². The summed E-state index contributed by atoms with van der Waals surface area (Å²) in [6.07, 6.45) is 0. The third-order valence-corrected chi connectivity index (χ3v) is 6.98. The Morgan fingerprint density at radius 2 is 1.57 bits per heavy atom. The SMILES string of the molecule is COc1ccc2cc(S(=O)(=O)N3CCN(c4ccccc4F)CC3)ccc2c1. The first-order valence-corrected chi connectivity index (χ1v) is 10.5. The van der Waals surface area contributed by atoms with Gasteiger partial charge in [0.2, 0.25) is 10.0 Å². The largest absolute Gasteiger partial charge is 0.497 e. The first-order valence-electron chi connectivity index (χ1n) is 9.06. The Labute approximate surface area is 164 Å². The second-order valence-corrected chi connectivity index (χ2v) is 8.66. The fourth-order valence-corrected chi connectivity index (χ4v) is 4.97. The van der Waals surface area contributed by atoms with Crippen molar-refractivity contribution in [1.82, 2.24) is 4.31 Å². The van der Waals surface area contributed by atoms with Gasteiger partial charge in [0.15, 0.2) is 0 Å². The van der Waals surface area contributed by atoms with E-state index in [9.17, 15) is 12.8 Å². The van der Waals surface area contributed by atoms with Gasteiger partial charge >= 0.3 is 0 Å². The standard InChI is InChI=1S/C21H21FN2O3S/c1-27-18-8-6-17-15-19(9-7-16(17)14-18)28(25,26)24-12-10-23(11-13-24)21-5-3-2-4-20(21)22/h2-9,14-15H,10-13H2,1H3. The summed E-state index contributed by atoms with van der Waals surface area (Å²) in [7, 11) is -2.01. The Hall–Kier alpha value is -2.64. The molecule has 3 aromatic carbocycles. The molecule has 0 N–H and O–H groups in total. The molecule has 0 spiro atoms. The van der Waals surface area contributed by atoms with E-state index in [0.29, 0.717) is 31.9 Å². The Balaban J connectivity index is 1.54. The molecule has 0 aromatic heterocycles. The summed E-state index contributed by atoms with van der Waals surface area (Å²) >= 11 is 0. The van der Waals surface area contributed by atoms with Gasteiger partial charge in [-0.3, -0.25) is 0 Å². The first-order chi connectivity index (χ1) is 13.5. The average Bonchev–Trinajstić information content (AvgIpc) is 2.73. The molecule has 1 saturated heterocycles. The van der Waals surface area contributed by atoms with Crippen LogP contribution in [0.4, 0.5) is 10.1 Å². The smallest absolute Gasteiger partial charge is 0.243 e. The minimum Gasteiger partial charge on any atom is -0.497 e. The lowest BCUT2D eigenvalue weighted by Crippen LogP contribution is -2.48. The molecule has 0 atom stereocenters. The zero-order chi connectivity index (χ0) is 19.7. The summed E-state index contributed by atoms with van der Waals surface area (Å²) in [4.78, 5) is 2.15. The first kappa shape index (κ1) is 18.7. The lowest BCUT2D eigenvalue weighted by atomic mass is 10.1. The maximum Gasteiger partial charge on any atom is 0.243 e. The van der Waals surface area contributed by atoms with Gasteiger partial charge in [0.1, 0.15) is 11.6 Å². The number of piperazine rings is 1. The highest BCUT2D eigenvalue weighted by atomic mass is 32.2.